The first-order valence-electron chi connectivity index (χ1n) is 6.15. The summed E-state index contributed by atoms with van der Waals surface area (Å²) in [7, 11) is 0. The molecule has 6 heteroatoms. The first-order chi connectivity index (χ1) is 8.25. The number of carbonyl (C=O) groups excluding carboxylic acids is 1. The Labute approximate surface area is 105 Å². The molecule has 2 rings (SSSR count). The van der Waals surface area contributed by atoms with E-state index in [-0.39, 0.29) is 11.8 Å². The Balaban J connectivity index is 1.89. The van der Waals surface area contributed by atoms with Crippen LogP contribution in [0.1, 0.15) is 44.9 Å². The van der Waals surface area contributed by atoms with Crippen molar-refractivity contribution in [3.05, 3.63) is 0 Å². The quantitative estimate of drug-likeness (QED) is 0.849. The Morgan fingerprint density at radius 2 is 1.82 bits per heavy atom. The number of nitrogens with one attached hydrogen (secondary N) is 1. The van der Waals surface area contributed by atoms with Crippen molar-refractivity contribution in [1.29, 1.82) is 0 Å². The van der Waals surface area contributed by atoms with Gasteiger partial charge in [-0.15, -0.1) is 10.2 Å². The summed E-state index contributed by atoms with van der Waals surface area (Å²) in [5.74, 6) is 0.198. The van der Waals surface area contributed by atoms with Crippen LogP contribution in [0.15, 0.2) is 0 Å². The van der Waals surface area contributed by atoms with Gasteiger partial charge >= 0.3 is 0 Å². The summed E-state index contributed by atoms with van der Waals surface area (Å²) in [6.07, 6.45) is 8.07. The summed E-state index contributed by atoms with van der Waals surface area (Å²) < 4.78 is 0. The van der Waals surface area contributed by atoms with Gasteiger partial charge in [-0.2, -0.15) is 0 Å². The highest BCUT2D eigenvalue weighted by Gasteiger charge is 2.20. The molecule has 0 spiro atoms. The predicted octanol–water partition coefficient (Wildman–Crippen LogP) is 2.42. The van der Waals surface area contributed by atoms with E-state index in [2.05, 4.69) is 15.5 Å². The molecule has 1 fully saturated rings. The Kier molecular flexibility index (Phi) is 4.30. The zero-order valence-electron chi connectivity index (χ0n) is 9.82. The fourth-order valence-electron chi connectivity index (χ4n) is 2.21. The van der Waals surface area contributed by atoms with Crippen molar-refractivity contribution in [3.8, 4) is 0 Å². The smallest absolute Gasteiger partial charge is 0.229 e. The van der Waals surface area contributed by atoms with Crippen LogP contribution in [0.25, 0.3) is 0 Å². The van der Waals surface area contributed by atoms with Gasteiger partial charge in [-0.25, -0.2) is 0 Å². The lowest BCUT2D eigenvalue weighted by Gasteiger charge is -2.18. The Bertz CT molecular complexity index is 371. The van der Waals surface area contributed by atoms with E-state index in [1.165, 1.54) is 30.6 Å². The van der Waals surface area contributed by atoms with E-state index in [9.17, 15) is 4.79 Å². The molecule has 1 aliphatic rings. The fraction of sp³-hybridized carbons (Fsp3) is 0.727. The van der Waals surface area contributed by atoms with Crippen LogP contribution in [0, 0.1) is 5.92 Å². The van der Waals surface area contributed by atoms with Crippen molar-refractivity contribution in [2.45, 2.75) is 44.9 Å². The lowest BCUT2D eigenvalue weighted by Crippen LogP contribution is -2.23. The maximum absolute atomic E-state index is 12.0. The van der Waals surface area contributed by atoms with Gasteiger partial charge in [-0.3, -0.25) is 4.79 Å². The summed E-state index contributed by atoms with van der Waals surface area (Å²) in [5.41, 5.74) is 5.47. The normalized spacial score (nSPS) is 18.4. The molecule has 94 valence electrons. The molecular formula is C11H18N4OS. The number of aromatic nitrogens is 2. The monoisotopic (exact) mass is 254 g/mol. The Morgan fingerprint density at radius 1 is 1.18 bits per heavy atom. The molecule has 1 amide bonds. The molecule has 0 bridgehead atoms. The zero-order valence-corrected chi connectivity index (χ0v) is 10.6. The summed E-state index contributed by atoms with van der Waals surface area (Å²) in [6.45, 7) is 0. The predicted molar refractivity (Wildman–Crippen MR) is 68.8 cm³/mol. The highest BCUT2D eigenvalue weighted by molar-refractivity contribution is 7.18. The maximum Gasteiger partial charge on any atom is 0.229 e. The van der Waals surface area contributed by atoms with Gasteiger partial charge in [0.15, 0.2) is 0 Å². The second-order valence-electron chi connectivity index (χ2n) is 4.48. The number of hydrogen-bond donors (Lipinski definition) is 2. The fourth-order valence-corrected chi connectivity index (χ4v) is 2.72. The van der Waals surface area contributed by atoms with E-state index in [4.69, 9.17) is 5.73 Å². The van der Waals surface area contributed by atoms with Gasteiger partial charge in [0.05, 0.1) is 0 Å². The topological polar surface area (TPSA) is 80.9 Å². The number of anilines is 2. The van der Waals surface area contributed by atoms with Crippen LogP contribution in [0.5, 0.6) is 0 Å². The second-order valence-corrected chi connectivity index (χ2v) is 5.49. The van der Waals surface area contributed by atoms with Gasteiger partial charge in [-0.1, -0.05) is 43.4 Å². The second kappa shape index (κ2) is 5.95. The molecule has 5 nitrogen and oxygen atoms in total. The molecule has 17 heavy (non-hydrogen) atoms. The lowest BCUT2D eigenvalue weighted by atomic mass is 9.90. The summed E-state index contributed by atoms with van der Waals surface area (Å²) >= 11 is 1.21. The van der Waals surface area contributed by atoms with Crippen LogP contribution in [0.2, 0.25) is 0 Å². The number of rotatable bonds is 2. The minimum Gasteiger partial charge on any atom is -0.374 e. The molecule has 1 aliphatic carbocycles. The Hall–Kier alpha value is -1.17. The van der Waals surface area contributed by atoms with E-state index < -0.39 is 0 Å². The van der Waals surface area contributed by atoms with E-state index >= 15 is 0 Å². The zero-order chi connectivity index (χ0) is 12.1. The van der Waals surface area contributed by atoms with Crippen LogP contribution in [0.3, 0.4) is 0 Å². The number of carbonyl (C=O) groups is 1. The van der Waals surface area contributed by atoms with Gasteiger partial charge < -0.3 is 11.1 Å². The highest BCUT2D eigenvalue weighted by Crippen LogP contribution is 2.24. The minimum absolute atomic E-state index is 0.0723. The highest BCUT2D eigenvalue weighted by atomic mass is 32.1. The first-order valence-corrected chi connectivity index (χ1v) is 6.97. The molecule has 1 aromatic heterocycles. The number of amides is 1. The molecule has 1 aromatic rings. The summed E-state index contributed by atoms with van der Waals surface area (Å²) in [5, 5.41) is 11.2. The van der Waals surface area contributed by atoms with Gasteiger partial charge in [-0.05, 0) is 12.8 Å². The third-order valence-corrected chi connectivity index (χ3v) is 3.81. The van der Waals surface area contributed by atoms with Crippen molar-refractivity contribution in [1.82, 2.24) is 10.2 Å². The van der Waals surface area contributed by atoms with Gasteiger partial charge in [0.2, 0.25) is 16.2 Å². The molecule has 0 radical (unpaired) electrons. The van der Waals surface area contributed by atoms with Crippen molar-refractivity contribution >= 4 is 27.5 Å². The van der Waals surface area contributed by atoms with Crippen LogP contribution in [0.4, 0.5) is 10.3 Å². The van der Waals surface area contributed by atoms with Gasteiger partial charge in [0.1, 0.15) is 0 Å². The van der Waals surface area contributed by atoms with Crippen molar-refractivity contribution in [2.75, 3.05) is 11.1 Å². The van der Waals surface area contributed by atoms with E-state index in [0.717, 1.165) is 25.7 Å². The Morgan fingerprint density at radius 3 is 2.41 bits per heavy atom. The lowest BCUT2D eigenvalue weighted by molar-refractivity contribution is -0.120. The average Bonchev–Trinajstić information content (AvgIpc) is 2.63. The van der Waals surface area contributed by atoms with Gasteiger partial charge in [0, 0.05) is 5.92 Å². The van der Waals surface area contributed by atoms with Crippen LogP contribution in [-0.2, 0) is 4.79 Å². The molecule has 0 saturated heterocycles. The molecule has 0 aromatic carbocycles. The van der Waals surface area contributed by atoms with Crippen LogP contribution >= 0.6 is 11.3 Å². The molecule has 0 unspecified atom stereocenters. The van der Waals surface area contributed by atoms with Crippen LogP contribution < -0.4 is 11.1 Å². The van der Waals surface area contributed by atoms with E-state index in [1.54, 1.807) is 0 Å². The molecular weight excluding hydrogens is 236 g/mol. The number of nitrogen functional groups attached to an aromatic ring is 1. The number of nitrogens with two attached hydrogens (primary N) is 1. The molecule has 0 aliphatic heterocycles. The number of hydrogen-bond acceptors (Lipinski definition) is 5. The van der Waals surface area contributed by atoms with Crippen LogP contribution in [-0.4, -0.2) is 16.1 Å². The third-order valence-electron chi connectivity index (χ3n) is 3.15. The van der Waals surface area contributed by atoms with E-state index in [0.29, 0.717) is 10.3 Å². The molecule has 1 heterocycles. The minimum atomic E-state index is 0.0723. The molecule has 0 atom stereocenters. The maximum atomic E-state index is 12.0. The molecule has 3 N–H and O–H groups in total. The third kappa shape index (κ3) is 3.66. The first kappa shape index (κ1) is 12.3. The van der Waals surface area contributed by atoms with Crippen molar-refractivity contribution < 1.29 is 4.79 Å². The number of nitrogens with zero attached hydrogens (tertiary/aromatic N) is 2. The van der Waals surface area contributed by atoms with Crippen molar-refractivity contribution in [3.63, 3.8) is 0 Å². The summed E-state index contributed by atoms with van der Waals surface area (Å²) in [6, 6.07) is 0. The molecule has 1 saturated carbocycles. The standard InChI is InChI=1S/C11H18N4OS/c12-10-14-15-11(17-10)13-9(16)8-6-4-2-1-3-5-7-8/h8H,1-7H2,(H2,12,14)(H,13,15,16). The largest absolute Gasteiger partial charge is 0.374 e. The van der Waals surface area contributed by atoms with E-state index in [1.807, 2.05) is 0 Å². The van der Waals surface area contributed by atoms with Crippen molar-refractivity contribution in [2.24, 2.45) is 5.92 Å². The van der Waals surface area contributed by atoms with Gasteiger partial charge in [0.25, 0.3) is 0 Å². The SMILES string of the molecule is Nc1nnc(NC(=O)C2CCCCCCC2)s1. The average molecular weight is 254 g/mol. The summed E-state index contributed by atoms with van der Waals surface area (Å²) in [4.78, 5) is 12.0.